The summed E-state index contributed by atoms with van der Waals surface area (Å²) in [7, 11) is 1.41. The summed E-state index contributed by atoms with van der Waals surface area (Å²) in [6, 6.07) is 0. The fourth-order valence-electron chi connectivity index (χ4n) is 1.41. The van der Waals surface area contributed by atoms with Gasteiger partial charge in [-0.25, -0.2) is 0 Å². The average Bonchev–Trinajstić information content (AvgIpc) is 2.32. The number of rotatable bonds is 8. The van der Waals surface area contributed by atoms with Crippen molar-refractivity contribution in [3.8, 4) is 0 Å². The molecular weight excluding hydrogens is 214 g/mol. The van der Waals surface area contributed by atoms with Crippen molar-refractivity contribution in [3.63, 3.8) is 0 Å². The van der Waals surface area contributed by atoms with Crippen LogP contribution in [0, 0.1) is 5.92 Å². The van der Waals surface area contributed by atoms with E-state index in [1.165, 1.54) is 7.11 Å². The highest BCUT2D eigenvalue weighted by Gasteiger charge is 2.12. The first-order valence-corrected chi connectivity index (χ1v) is 5.86. The Bertz CT molecular complexity index is 293. The van der Waals surface area contributed by atoms with Crippen molar-refractivity contribution < 1.29 is 9.53 Å². The van der Waals surface area contributed by atoms with Crippen LogP contribution in [0.4, 0.5) is 0 Å². The summed E-state index contributed by atoms with van der Waals surface area (Å²) < 4.78 is 4.67. The van der Waals surface area contributed by atoms with Crippen LogP contribution in [0.25, 0.3) is 0 Å². The van der Waals surface area contributed by atoms with Gasteiger partial charge in [-0.3, -0.25) is 4.79 Å². The van der Waals surface area contributed by atoms with Crippen molar-refractivity contribution in [3.05, 3.63) is 36.6 Å². The molecule has 0 saturated heterocycles. The maximum Gasteiger partial charge on any atom is 0.306 e. The molecule has 0 rings (SSSR count). The lowest BCUT2D eigenvalue weighted by atomic mass is 9.96. The Labute approximate surface area is 104 Å². The Morgan fingerprint density at radius 3 is 2.76 bits per heavy atom. The van der Waals surface area contributed by atoms with E-state index in [0.717, 1.165) is 18.5 Å². The molecule has 0 radical (unpaired) electrons. The largest absolute Gasteiger partial charge is 0.469 e. The van der Waals surface area contributed by atoms with Crippen LogP contribution in [0.3, 0.4) is 0 Å². The van der Waals surface area contributed by atoms with Crippen molar-refractivity contribution in [2.24, 2.45) is 5.92 Å². The monoisotopic (exact) mass is 237 g/mol. The quantitative estimate of drug-likeness (QED) is 0.401. The minimum Gasteiger partial charge on any atom is -0.469 e. The third-order valence-corrected chi connectivity index (χ3v) is 2.47. The fraction of sp³-hybridized carbons (Fsp3) is 0.500. The lowest BCUT2D eigenvalue weighted by Crippen LogP contribution is -2.13. The molecule has 1 atom stereocenters. The zero-order valence-electron chi connectivity index (χ0n) is 11.0. The number of methoxy groups -OCH3 is 1. The van der Waals surface area contributed by atoms with E-state index >= 15 is 0 Å². The molecule has 96 valence electrons. The first kappa shape index (κ1) is 15.5. The van der Waals surface area contributed by atoms with E-state index in [0.29, 0.717) is 6.42 Å². The maximum absolute atomic E-state index is 11.2. The predicted molar refractivity (Wildman–Crippen MR) is 71.5 cm³/mol. The highest BCUT2D eigenvalue weighted by molar-refractivity contribution is 5.69. The number of esters is 1. The third-order valence-electron chi connectivity index (χ3n) is 2.47. The smallest absolute Gasteiger partial charge is 0.306 e. The molecule has 0 amide bonds. The second-order valence-electron chi connectivity index (χ2n) is 3.87. The third kappa shape index (κ3) is 7.39. The molecule has 0 aliphatic carbocycles. The number of carbonyl (C=O) groups is 1. The van der Waals surface area contributed by atoms with E-state index in [1.807, 2.05) is 38.3 Å². The summed E-state index contributed by atoms with van der Waals surface area (Å²) in [6.45, 7) is 8.52. The minimum absolute atomic E-state index is 0.165. The summed E-state index contributed by atoms with van der Waals surface area (Å²) in [5.41, 5.74) is 1.16. The van der Waals surface area contributed by atoms with Gasteiger partial charge in [0, 0.05) is 6.54 Å². The number of carbonyl (C=O) groups excluding carboxylic acids is 1. The zero-order chi connectivity index (χ0) is 13.1. The first-order chi connectivity index (χ1) is 8.15. The first-order valence-electron chi connectivity index (χ1n) is 5.86. The molecular formula is C14H23NO2. The fourth-order valence-corrected chi connectivity index (χ4v) is 1.41. The van der Waals surface area contributed by atoms with Crippen molar-refractivity contribution in [1.82, 2.24) is 5.32 Å². The van der Waals surface area contributed by atoms with Crippen molar-refractivity contribution in [2.45, 2.75) is 26.7 Å². The standard InChI is InChI=1S/C14H23NO2/c1-5-7-9-15-11-13(8-6-2)12(3)10-14(16)17-4/h5-7,11-12,15H,2,8-10H2,1,3-4H3/b7-5-,13-11+. The molecule has 1 N–H and O–H groups in total. The molecule has 0 aromatic carbocycles. The number of hydrogen-bond donors (Lipinski definition) is 1. The second kappa shape index (κ2) is 9.70. The van der Waals surface area contributed by atoms with Crippen LogP contribution in [0.2, 0.25) is 0 Å². The molecule has 0 saturated carbocycles. The average molecular weight is 237 g/mol. The van der Waals surface area contributed by atoms with Gasteiger partial charge in [-0.1, -0.05) is 25.2 Å². The molecule has 0 aliphatic heterocycles. The van der Waals surface area contributed by atoms with Crippen molar-refractivity contribution >= 4 is 5.97 Å². The van der Waals surface area contributed by atoms with E-state index in [-0.39, 0.29) is 11.9 Å². The van der Waals surface area contributed by atoms with E-state index in [4.69, 9.17) is 0 Å². The van der Waals surface area contributed by atoms with Gasteiger partial charge in [0.2, 0.25) is 0 Å². The highest BCUT2D eigenvalue weighted by Crippen LogP contribution is 2.18. The van der Waals surface area contributed by atoms with Gasteiger partial charge in [0.25, 0.3) is 0 Å². The molecule has 3 heteroatoms. The van der Waals surface area contributed by atoms with Crippen LogP contribution in [0.1, 0.15) is 26.7 Å². The number of hydrogen-bond acceptors (Lipinski definition) is 3. The van der Waals surface area contributed by atoms with Crippen LogP contribution in [0.5, 0.6) is 0 Å². The van der Waals surface area contributed by atoms with Crippen LogP contribution in [-0.2, 0) is 9.53 Å². The Hall–Kier alpha value is -1.51. The molecule has 0 fully saturated rings. The molecule has 17 heavy (non-hydrogen) atoms. The number of ether oxygens (including phenoxy) is 1. The summed E-state index contributed by atoms with van der Waals surface area (Å²) in [6.07, 6.45) is 9.02. The zero-order valence-corrected chi connectivity index (χ0v) is 11.0. The lowest BCUT2D eigenvalue weighted by molar-refractivity contribution is -0.141. The van der Waals surface area contributed by atoms with Gasteiger partial charge in [0.15, 0.2) is 0 Å². The molecule has 0 aromatic heterocycles. The minimum atomic E-state index is -0.180. The van der Waals surface area contributed by atoms with Crippen molar-refractivity contribution in [1.29, 1.82) is 0 Å². The van der Waals surface area contributed by atoms with Crippen LogP contribution in [-0.4, -0.2) is 19.6 Å². The molecule has 0 aromatic rings. The Kier molecular flexibility index (Phi) is 8.84. The van der Waals surface area contributed by atoms with E-state index in [9.17, 15) is 4.79 Å². The molecule has 3 nitrogen and oxygen atoms in total. The van der Waals surface area contributed by atoms with Gasteiger partial charge < -0.3 is 10.1 Å². The Balaban J connectivity index is 4.37. The van der Waals surface area contributed by atoms with Crippen LogP contribution >= 0.6 is 0 Å². The van der Waals surface area contributed by atoms with Gasteiger partial charge in [0.05, 0.1) is 13.5 Å². The van der Waals surface area contributed by atoms with Crippen molar-refractivity contribution in [2.75, 3.05) is 13.7 Å². The summed E-state index contributed by atoms with van der Waals surface area (Å²) in [5.74, 6) is -0.0144. The highest BCUT2D eigenvalue weighted by atomic mass is 16.5. The van der Waals surface area contributed by atoms with E-state index in [1.54, 1.807) is 0 Å². The molecule has 0 bridgehead atoms. The van der Waals surface area contributed by atoms with Crippen LogP contribution in [0.15, 0.2) is 36.6 Å². The van der Waals surface area contributed by atoms with E-state index < -0.39 is 0 Å². The van der Waals surface area contributed by atoms with Gasteiger partial charge in [-0.05, 0) is 31.0 Å². The lowest BCUT2D eigenvalue weighted by Gasteiger charge is -2.13. The topological polar surface area (TPSA) is 38.3 Å². The normalized spacial score (nSPS) is 13.5. The van der Waals surface area contributed by atoms with Gasteiger partial charge in [0.1, 0.15) is 0 Å². The Morgan fingerprint density at radius 2 is 2.24 bits per heavy atom. The SMILES string of the molecule is C=CC/C(=C\NC/C=C\C)C(C)CC(=O)OC. The molecule has 0 spiro atoms. The second-order valence-corrected chi connectivity index (χ2v) is 3.87. The molecule has 0 aliphatic rings. The summed E-state index contributed by atoms with van der Waals surface area (Å²) in [4.78, 5) is 11.2. The molecule has 1 unspecified atom stereocenters. The number of allylic oxidation sites excluding steroid dienone is 3. The van der Waals surface area contributed by atoms with Gasteiger partial charge >= 0.3 is 5.97 Å². The summed E-state index contributed by atoms with van der Waals surface area (Å²) >= 11 is 0. The molecule has 0 heterocycles. The Morgan fingerprint density at radius 1 is 1.53 bits per heavy atom. The van der Waals surface area contributed by atoms with E-state index in [2.05, 4.69) is 16.6 Å². The van der Waals surface area contributed by atoms with Gasteiger partial charge in [-0.15, -0.1) is 6.58 Å². The predicted octanol–water partition coefficient (Wildman–Crippen LogP) is 2.81. The van der Waals surface area contributed by atoms with Gasteiger partial charge in [-0.2, -0.15) is 0 Å². The van der Waals surface area contributed by atoms with Crippen LogP contribution < -0.4 is 5.32 Å². The summed E-state index contributed by atoms with van der Waals surface area (Å²) in [5, 5.41) is 3.19. The maximum atomic E-state index is 11.2. The number of nitrogens with one attached hydrogen (secondary N) is 1.